The molecule has 1 aliphatic heterocycles. The van der Waals surface area contributed by atoms with Crippen LogP contribution >= 0.6 is 11.6 Å². The van der Waals surface area contributed by atoms with Gasteiger partial charge in [-0.2, -0.15) is 0 Å². The zero-order valence-electron chi connectivity index (χ0n) is 16.7. The third-order valence-electron chi connectivity index (χ3n) is 5.07. The highest BCUT2D eigenvalue weighted by Gasteiger charge is 2.25. The maximum absolute atomic E-state index is 13.3. The first-order chi connectivity index (χ1) is 14.5. The summed E-state index contributed by atoms with van der Waals surface area (Å²) in [4.78, 5) is 27.2. The average molecular weight is 434 g/mol. The van der Waals surface area contributed by atoms with Crippen LogP contribution in [0.3, 0.4) is 0 Å². The van der Waals surface area contributed by atoms with E-state index in [4.69, 9.17) is 16.3 Å². The van der Waals surface area contributed by atoms with Crippen molar-refractivity contribution in [2.24, 2.45) is 0 Å². The van der Waals surface area contributed by atoms with Crippen LogP contribution in [0.25, 0.3) is 0 Å². The Morgan fingerprint density at radius 2 is 1.80 bits per heavy atom. The first kappa shape index (κ1) is 22.2. The van der Waals surface area contributed by atoms with E-state index in [1.807, 2.05) is 0 Å². The van der Waals surface area contributed by atoms with Crippen molar-refractivity contribution in [3.05, 3.63) is 70.5 Å². The number of carbonyl (C=O) groups excluding carboxylic acids is 2. The number of hydrogen-bond acceptors (Lipinski definition) is 4. The average Bonchev–Trinajstić information content (AvgIpc) is 2.76. The lowest BCUT2D eigenvalue weighted by Crippen LogP contribution is -2.48. The molecule has 2 aromatic rings. The Hall–Kier alpha value is -2.48. The molecular formula is C22H25ClFN3O3. The standard InChI is InChI=1S/C22H25ClFN3O3/c1-15(26-22(29)18-4-2-3-5-19(18)23)21(28)25-14-20(27-10-12-30-13-11-27)16-6-8-17(24)9-7-16/h2-9,15,20H,10-14H2,1H3,(H,25,28)(H,26,29)/t15-,20?/m0/s1. The minimum absolute atomic E-state index is 0.120. The number of hydrogen-bond donors (Lipinski definition) is 2. The van der Waals surface area contributed by atoms with Crippen LogP contribution in [-0.4, -0.2) is 55.6 Å². The molecule has 0 aliphatic carbocycles. The second-order valence-electron chi connectivity index (χ2n) is 7.14. The summed E-state index contributed by atoms with van der Waals surface area (Å²) < 4.78 is 18.8. The zero-order valence-corrected chi connectivity index (χ0v) is 17.5. The van der Waals surface area contributed by atoms with Crippen molar-refractivity contribution in [3.8, 4) is 0 Å². The van der Waals surface area contributed by atoms with Gasteiger partial charge in [-0.15, -0.1) is 0 Å². The van der Waals surface area contributed by atoms with Crippen LogP contribution in [0.5, 0.6) is 0 Å². The van der Waals surface area contributed by atoms with Gasteiger partial charge in [-0.1, -0.05) is 35.9 Å². The van der Waals surface area contributed by atoms with Gasteiger partial charge in [0.15, 0.2) is 0 Å². The molecule has 1 heterocycles. The van der Waals surface area contributed by atoms with Gasteiger partial charge in [-0.05, 0) is 36.8 Å². The molecule has 0 aromatic heterocycles. The van der Waals surface area contributed by atoms with Crippen LogP contribution in [0.2, 0.25) is 5.02 Å². The third kappa shape index (κ3) is 5.78. The predicted molar refractivity (Wildman–Crippen MR) is 113 cm³/mol. The summed E-state index contributed by atoms with van der Waals surface area (Å²) in [6, 6.07) is 12.1. The first-order valence-electron chi connectivity index (χ1n) is 9.86. The van der Waals surface area contributed by atoms with Crippen LogP contribution in [0.1, 0.15) is 28.9 Å². The van der Waals surface area contributed by atoms with E-state index in [1.54, 1.807) is 43.3 Å². The Morgan fingerprint density at radius 3 is 2.47 bits per heavy atom. The van der Waals surface area contributed by atoms with E-state index in [9.17, 15) is 14.0 Å². The maximum Gasteiger partial charge on any atom is 0.253 e. The fraction of sp³-hybridized carbons (Fsp3) is 0.364. The Kier molecular flexibility index (Phi) is 7.79. The van der Waals surface area contributed by atoms with Crippen molar-refractivity contribution in [2.45, 2.75) is 19.0 Å². The summed E-state index contributed by atoms with van der Waals surface area (Å²) in [5.41, 5.74) is 1.22. The number of morpholine rings is 1. The largest absolute Gasteiger partial charge is 0.379 e. The molecule has 1 unspecified atom stereocenters. The highest BCUT2D eigenvalue weighted by molar-refractivity contribution is 6.33. The number of nitrogens with zero attached hydrogens (tertiary/aromatic N) is 1. The van der Waals surface area contributed by atoms with Gasteiger partial charge in [-0.3, -0.25) is 14.5 Å². The second-order valence-corrected chi connectivity index (χ2v) is 7.54. The van der Waals surface area contributed by atoms with E-state index >= 15 is 0 Å². The van der Waals surface area contributed by atoms with Gasteiger partial charge >= 0.3 is 0 Å². The smallest absolute Gasteiger partial charge is 0.253 e. The maximum atomic E-state index is 13.3. The Morgan fingerprint density at radius 1 is 1.13 bits per heavy atom. The van der Waals surface area contributed by atoms with Crippen molar-refractivity contribution < 1.29 is 18.7 Å². The van der Waals surface area contributed by atoms with Gasteiger partial charge < -0.3 is 15.4 Å². The summed E-state index contributed by atoms with van der Waals surface area (Å²) in [6.07, 6.45) is 0. The molecule has 3 rings (SSSR count). The molecule has 1 aliphatic rings. The summed E-state index contributed by atoms with van der Waals surface area (Å²) in [5.74, 6) is -1.03. The Bertz CT molecular complexity index is 872. The molecule has 8 heteroatoms. The van der Waals surface area contributed by atoms with E-state index in [0.29, 0.717) is 30.3 Å². The summed E-state index contributed by atoms with van der Waals surface area (Å²) in [6.45, 7) is 4.60. The van der Waals surface area contributed by atoms with Crippen molar-refractivity contribution in [1.29, 1.82) is 0 Å². The molecule has 2 aromatic carbocycles. The first-order valence-corrected chi connectivity index (χ1v) is 10.2. The van der Waals surface area contributed by atoms with Gasteiger partial charge in [-0.25, -0.2) is 4.39 Å². The van der Waals surface area contributed by atoms with Crippen LogP contribution in [0, 0.1) is 5.82 Å². The van der Waals surface area contributed by atoms with Gasteiger partial charge in [0.25, 0.3) is 5.91 Å². The van der Waals surface area contributed by atoms with Crippen LogP contribution in [0.15, 0.2) is 48.5 Å². The van der Waals surface area contributed by atoms with Gasteiger partial charge in [0, 0.05) is 19.6 Å². The second kappa shape index (κ2) is 10.5. The Labute approximate surface area is 180 Å². The SMILES string of the molecule is C[C@H](NC(=O)c1ccccc1Cl)C(=O)NCC(c1ccc(F)cc1)N1CCOCC1. The van der Waals surface area contributed by atoms with Gasteiger partial charge in [0.1, 0.15) is 11.9 Å². The summed E-state index contributed by atoms with van der Waals surface area (Å²) in [7, 11) is 0. The molecule has 0 saturated carbocycles. The van der Waals surface area contributed by atoms with Gasteiger partial charge in [0.05, 0.1) is 29.8 Å². The predicted octanol–water partition coefficient (Wildman–Crippen LogP) is 2.79. The molecule has 2 amide bonds. The molecule has 6 nitrogen and oxygen atoms in total. The molecule has 2 atom stereocenters. The minimum Gasteiger partial charge on any atom is -0.379 e. The normalized spacial score (nSPS) is 16.5. The van der Waals surface area contributed by atoms with E-state index in [2.05, 4.69) is 15.5 Å². The number of nitrogens with one attached hydrogen (secondary N) is 2. The number of benzene rings is 2. The topological polar surface area (TPSA) is 70.7 Å². The molecule has 2 N–H and O–H groups in total. The quantitative estimate of drug-likeness (QED) is 0.704. The fourth-order valence-corrected chi connectivity index (χ4v) is 3.59. The zero-order chi connectivity index (χ0) is 21.5. The van der Waals surface area contributed by atoms with E-state index in [0.717, 1.165) is 18.7 Å². The number of amides is 2. The molecule has 1 fully saturated rings. The molecule has 0 spiro atoms. The van der Waals surface area contributed by atoms with E-state index in [1.165, 1.54) is 12.1 Å². The molecular weight excluding hydrogens is 409 g/mol. The van der Waals surface area contributed by atoms with E-state index in [-0.39, 0.29) is 17.8 Å². The lowest BCUT2D eigenvalue weighted by atomic mass is 10.0. The molecule has 0 radical (unpaired) electrons. The van der Waals surface area contributed by atoms with Crippen LogP contribution in [0.4, 0.5) is 4.39 Å². The van der Waals surface area contributed by atoms with Crippen molar-refractivity contribution in [3.63, 3.8) is 0 Å². The highest BCUT2D eigenvalue weighted by Crippen LogP contribution is 2.22. The van der Waals surface area contributed by atoms with Crippen LogP contribution < -0.4 is 10.6 Å². The lowest BCUT2D eigenvalue weighted by Gasteiger charge is -2.35. The monoisotopic (exact) mass is 433 g/mol. The third-order valence-corrected chi connectivity index (χ3v) is 5.40. The highest BCUT2D eigenvalue weighted by atomic mass is 35.5. The fourth-order valence-electron chi connectivity index (χ4n) is 3.37. The summed E-state index contributed by atoms with van der Waals surface area (Å²) in [5, 5.41) is 5.90. The van der Waals surface area contributed by atoms with Crippen molar-refractivity contribution in [1.82, 2.24) is 15.5 Å². The molecule has 0 bridgehead atoms. The molecule has 30 heavy (non-hydrogen) atoms. The van der Waals surface area contributed by atoms with Gasteiger partial charge in [0.2, 0.25) is 5.91 Å². The number of halogens is 2. The number of carbonyl (C=O) groups is 2. The van der Waals surface area contributed by atoms with Crippen molar-refractivity contribution >= 4 is 23.4 Å². The van der Waals surface area contributed by atoms with E-state index < -0.39 is 11.9 Å². The summed E-state index contributed by atoms with van der Waals surface area (Å²) >= 11 is 6.05. The Balaban J connectivity index is 1.62. The van der Waals surface area contributed by atoms with Crippen LogP contribution in [-0.2, 0) is 9.53 Å². The molecule has 1 saturated heterocycles. The molecule has 160 valence electrons. The lowest BCUT2D eigenvalue weighted by molar-refractivity contribution is -0.122. The van der Waals surface area contributed by atoms with Crippen molar-refractivity contribution in [2.75, 3.05) is 32.8 Å². The minimum atomic E-state index is -0.743. The number of ether oxygens (including phenoxy) is 1. The number of rotatable bonds is 7.